The minimum absolute atomic E-state index is 0.246. The number of thioether (sulfide) groups is 1. The molecule has 1 aromatic rings. The van der Waals surface area contributed by atoms with Gasteiger partial charge in [-0.25, -0.2) is 0 Å². The van der Waals surface area contributed by atoms with E-state index < -0.39 is 5.97 Å². The summed E-state index contributed by atoms with van der Waals surface area (Å²) in [5.41, 5.74) is 1.27. The zero-order valence-corrected chi connectivity index (χ0v) is 11.9. The monoisotopic (exact) mass is 267 g/mol. The molecule has 0 bridgehead atoms. The Bertz CT molecular complexity index is 365. The lowest BCUT2D eigenvalue weighted by molar-refractivity contribution is -0.137. The van der Waals surface area contributed by atoms with E-state index in [0.29, 0.717) is 6.42 Å². The van der Waals surface area contributed by atoms with Gasteiger partial charge in [0.15, 0.2) is 0 Å². The van der Waals surface area contributed by atoms with E-state index in [-0.39, 0.29) is 6.42 Å². The summed E-state index contributed by atoms with van der Waals surface area (Å²) in [5, 5.41) is 8.58. The van der Waals surface area contributed by atoms with Crippen LogP contribution in [0, 0.1) is 0 Å². The molecule has 1 aromatic carbocycles. The summed E-state index contributed by atoms with van der Waals surface area (Å²) in [4.78, 5) is 13.9. The van der Waals surface area contributed by atoms with E-state index in [1.807, 2.05) is 18.8 Å². The van der Waals surface area contributed by atoms with Crippen molar-refractivity contribution in [3.05, 3.63) is 29.8 Å². The van der Waals surface area contributed by atoms with Crippen LogP contribution in [-0.4, -0.2) is 35.3 Å². The van der Waals surface area contributed by atoms with Crippen LogP contribution in [0.25, 0.3) is 0 Å². The molecule has 0 aliphatic carbocycles. The standard InChI is InChI=1S/C14H21NO2S/c1-3-18-13-8-6-12(7-9-13)11-15(2)10-4-5-14(16)17/h6-9H,3-5,10-11H2,1-2H3,(H,16,17). The minimum Gasteiger partial charge on any atom is -0.481 e. The first-order chi connectivity index (χ1) is 8.61. The molecule has 0 aliphatic heterocycles. The first-order valence-electron chi connectivity index (χ1n) is 6.24. The molecule has 0 unspecified atom stereocenters. The molecule has 0 fully saturated rings. The molecule has 0 aromatic heterocycles. The lowest BCUT2D eigenvalue weighted by atomic mass is 10.2. The normalized spacial score (nSPS) is 10.8. The third-order valence-electron chi connectivity index (χ3n) is 2.62. The third kappa shape index (κ3) is 6.07. The largest absolute Gasteiger partial charge is 0.481 e. The third-order valence-corrected chi connectivity index (χ3v) is 3.51. The van der Waals surface area contributed by atoms with E-state index >= 15 is 0 Å². The Kier molecular flexibility index (Phi) is 6.83. The van der Waals surface area contributed by atoms with Gasteiger partial charge >= 0.3 is 5.97 Å². The molecule has 0 heterocycles. The molecule has 0 spiro atoms. The Labute approximate surface area is 113 Å². The van der Waals surface area contributed by atoms with Crippen molar-refractivity contribution >= 4 is 17.7 Å². The van der Waals surface area contributed by atoms with Crippen LogP contribution >= 0.6 is 11.8 Å². The summed E-state index contributed by atoms with van der Waals surface area (Å²) in [6, 6.07) is 8.58. The van der Waals surface area contributed by atoms with Gasteiger partial charge in [0.05, 0.1) is 0 Å². The number of nitrogens with zero attached hydrogens (tertiary/aromatic N) is 1. The molecular formula is C14H21NO2S. The molecule has 0 saturated carbocycles. The highest BCUT2D eigenvalue weighted by Crippen LogP contribution is 2.18. The van der Waals surface area contributed by atoms with E-state index in [2.05, 4.69) is 36.1 Å². The first-order valence-corrected chi connectivity index (χ1v) is 7.22. The Morgan fingerprint density at radius 3 is 2.56 bits per heavy atom. The molecule has 0 radical (unpaired) electrons. The van der Waals surface area contributed by atoms with Crippen molar-refractivity contribution in [2.75, 3.05) is 19.3 Å². The maximum atomic E-state index is 10.4. The first kappa shape index (κ1) is 15.1. The van der Waals surface area contributed by atoms with Crippen LogP contribution in [0.1, 0.15) is 25.3 Å². The van der Waals surface area contributed by atoms with Crippen molar-refractivity contribution in [3.8, 4) is 0 Å². The molecule has 1 rings (SSSR count). The highest BCUT2D eigenvalue weighted by molar-refractivity contribution is 7.99. The second-order valence-electron chi connectivity index (χ2n) is 4.31. The van der Waals surface area contributed by atoms with Crippen LogP contribution in [0.15, 0.2) is 29.2 Å². The summed E-state index contributed by atoms with van der Waals surface area (Å²) < 4.78 is 0. The highest BCUT2D eigenvalue weighted by atomic mass is 32.2. The molecule has 100 valence electrons. The molecule has 3 nitrogen and oxygen atoms in total. The average Bonchev–Trinajstić information content (AvgIpc) is 2.31. The van der Waals surface area contributed by atoms with E-state index in [9.17, 15) is 4.79 Å². The number of benzene rings is 1. The van der Waals surface area contributed by atoms with Crippen molar-refractivity contribution in [1.82, 2.24) is 4.90 Å². The molecule has 0 aliphatic rings. The van der Waals surface area contributed by atoms with Gasteiger partial charge in [0, 0.05) is 17.9 Å². The van der Waals surface area contributed by atoms with Crippen LogP contribution in [-0.2, 0) is 11.3 Å². The van der Waals surface area contributed by atoms with Gasteiger partial charge in [-0.15, -0.1) is 11.8 Å². The molecule has 0 atom stereocenters. The van der Waals surface area contributed by atoms with Gasteiger partial charge in [-0.05, 0) is 43.5 Å². The van der Waals surface area contributed by atoms with Gasteiger partial charge in [-0.2, -0.15) is 0 Å². The lowest BCUT2D eigenvalue weighted by Gasteiger charge is -2.16. The van der Waals surface area contributed by atoms with Gasteiger partial charge in [0.25, 0.3) is 0 Å². The van der Waals surface area contributed by atoms with Crippen LogP contribution in [0.2, 0.25) is 0 Å². The van der Waals surface area contributed by atoms with Crippen molar-refractivity contribution in [2.45, 2.75) is 31.2 Å². The quantitative estimate of drug-likeness (QED) is 0.735. The fourth-order valence-electron chi connectivity index (χ4n) is 1.75. The second-order valence-corrected chi connectivity index (χ2v) is 5.65. The molecule has 1 N–H and O–H groups in total. The van der Waals surface area contributed by atoms with Crippen molar-refractivity contribution in [1.29, 1.82) is 0 Å². The second kappa shape index (κ2) is 8.16. The predicted octanol–water partition coefficient (Wildman–Crippen LogP) is 3.10. The SMILES string of the molecule is CCSc1ccc(CN(C)CCCC(=O)O)cc1. The van der Waals surface area contributed by atoms with Gasteiger partial charge in [-0.3, -0.25) is 4.79 Å². The van der Waals surface area contributed by atoms with Gasteiger partial charge < -0.3 is 10.0 Å². The van der Waals surface area contributed by atoms with Crippen molar-refractivity contribution in [3.63, 3.8) is 0 Å². The Balaban J connectivity index is 2.34. The Morgan fingerprint density at radius 1 is 1.33 bits per heavy atom. The summed E-state index contributed by atoms with van der Waals surface area (Å²) >= 11 is 1.84. The summed E-state index contributed by atoms with van der Waals surface area (Å²) in [6.45, 7) is 3.84. The molecular weight excluding hydrogens is 246 g/mol. The Hall–Kier alpha value is -1.00. The topological polar surface area (TPSA) is 40.5 Å². The van der Waals surface area contributed by atoms with Crippen LogP contribution < -0.4 is 0 Å². The zero-order chi connectivity index (χ0) is 13.4. The fourth-order valence-corrected chi connectivity index (χ4v) is 2.41. The number of carboxylic acids is 1. The predicted molar refractivity (Wildman–Crippen MR) is 76.0 cm³/mol. The minimum atomic E-state index is -0.718. The maximum absolute atomic E-state index is 10.4. The number of hydrogen-bond donors (Lipinski definition) is 1. The van der Waals surface area contributed by atoms with Gasteiger partial charge in [-0.1, -0.05) is 19.1 Å². The number of hydrogen-bond acceptors (Lipinski definition) is 3. The summed E-state index contributed by atoms with van der Waals surface area (Å²) in [7, 11) is 2.02. The van der Waals surface area contributed by atoms with E-state index in [4.69, 9.17) is 5.11 Å². The molecule has 18 heavy (non-hydrogen) atoms. The van der Waals surface area contributed by atoms with Crippen LogP contribution in [0.3, 0.4) is 0 Å². The number of carbonyl (C=O) groups is 1. The maximum Gasteiger partial charge on any atom is 0.303 e. The van der Waals surface area contributed by atoms with Crippen LogP contribution in [0.4, 0.5) is 0 Å². The van der Waals surface area contributed by atoms with Crippen molar-refractivity contribution in [2.24, 2.45) is 0 Å². The average molecular weight is 267 g/mol. The number of carboxylic acid groups (broad SMARTS) is 1. The summed E-state index contributed by atoms with van der Waals surface area (Å²) in [6.07, 6.45) is 0.950. The number of rotatable bonds is 8. The fraction of sp³-hybridized carbons (Fsp3) is 0.500. The number of aliphatic carboxylic acids is 1. The molecule has 0 amide bonds. The van der Waals surface area contributed by atoms with Gasteiger partial charge in [0.1, 0.15) is 0 Å². The van der Waals surface area contributed by atoms with E-state index in [1.54, 1.807) is 0 Å². The highest BCUT2D eigenvalue weighted by Gasteiger charge is 2.02. The van der Waals surface area contributed by atoms with E-state index in [0.717, 1.165) is 18.8 Å². The van der Waals surface area contributed by atoms with E-state index in [1.165, 1.54) is 10.5 Å². The van der Waals surface area contributed by atoms with Gasteiger partial charge in [0.2, 0.25) is 0 Å². The zero-order valence-electron chi connectivity index (χ0n) is 11.1. The smallest absolute Gasteiger partial charge is 0.303 e. The lowest BCUT2D eigenvalue weighted by Crippen LogP contribution is -2.19. The summed E-state index contributed by atoms with van der Waals surface area (Å²) in [5.74, 6) is 0.374. The molecule has 0 saturated heterocycles. The van der Waals surface area contributed by atoms with Crippen LogP contribution in [0.5, 0.6) is 0 Å². The Morgan fingerprint density at radius 2 is 2.00 bits per heavy atom. The van der Waals surface area contributed by atoms with Crippen molar-refractivity contribution < 1.29 is 9.90 Å². The molecule has 4 heteroatoms.